The van der Waals surface area contributed by atoms with Crippen molar-refractivity contribution in [2.45, 2.75) is 25.3 Å². The number of hydrogen-bond donors (Lipinski definition) is 2. The van der Waals surface area contributed by atoms with E-state index in [1.54, 1.807) is 0 Å². The van der Waals surface area contributed by atoms with Crippen molar-refractivity contribution < 1.29 is 9.53 Å². The van der Waals surface area contributed by atoms with E-state index >= 15 is 0 Å². The van der Waals surface area contributed by atoms with Gasteiger partial charge in [-0.05, 0) is 0 Å². The van der Waals surface area contributed by atoms with Crippen LogP contribution >= 0.6 is 8.70 Å². The minimum absolute atomic E-state index is 0.268. The molecule has 4 nitrogen and oxygen atoms in total. The van der Waals surface area contributed by atoms with Gasteiger partial charge in [0, 0.05) is 0 Å². The molecule has 0 aliphatic heterocycles. The summed E-state index contributed by atoms with van der Waals surface area (Å²) < 4.78 is 4.63. The van der Waals surface area contributed by atoms with Gasteiger partial charge in [0.05, 0.1) is 0 Å². The molecule has 0 saturated carbocycles. The summed E-state index contributed by atoms with van der Waals surface area (Å²) in [4.78, 5) is 11.2. The van der Waals surface area contributed by atoms with Crippen molar-refractivity contribution in [3.63, 3.8) is 0 Å². The van der Waals surface area contributed by atoms with Gasteiger partial charge in [0.1, 0.15) is 0 Å². The Labute approximate surface area is 87.3 Å². The SMILES string of the molecule is CNCCCC[C@H](NC#P)C(=O)OC. The summed E-state index contributed by atoms with van der Waals surface area (Å²) in [6.45, 7) is 0.961. The van der Waals surface area contributed by atoms with Crippen molar-refractivity contribution in [3.8, 4) is 5.75 Å². The number of ether oxygens (including phenoxy) is 1. The Morgan fingerprint density at radius 2 is 2.29 bits per heavy atom. The molecule has 0 radical (unpaired) electrons. The Morgan fingerprint density at radius 1 is 1.57 bits per heavy atom. The zero-order chi connectivity index (χ0) is 10.8. The van der Waals surface area contributed by atoms with Gasteiger partial charge in [-0.1, -0.05) is 0 Å². The van der Waals surface area contributed by atoms with Crippen LogP contribution in [0.5, 0.6) is 0 Å². The standard InChI is InChI=1S/C9H17N2O2P/c1-10-6-4-3-5-8(11-7-14)9(12)13-2/h8,10-11H,3-6H2,1-2H3/t8-/m0/s1. The number of rotatable bonds is 7. The molecule has 0 aromatic rings. The third-order valence-electron chi connectivity index (χ3n) is 1.89. The van der Waals surface area contributed by atoms with E-state index in [9.17, 15) is 4.79 Å². The van der Waals surface area contributed by atoms with Crippen molar-refractivity contribution in [3.05, 3.63) is 0 Å². The molecule has 80 valence electrons. The van der Waals surface area contributed by atoms with E-state index in [1.807, 2.05) is 7.05 Å². The summed E-state index contributed by atoms with van der Waals surface area (Å²) in [7, 11) is 7.06. The fourth-order valence-corrected chi connectivity index (χ4v) is 1.28. The van der Waals surface area contributed by atoms with Crippen LogP contribution in [0.4, 0.5) is 0 Å². The summed E-state index contributed by atoms with van der Waals surface area (Å²) in [6.07, 6.45) is 2.74. The van der Waals surface area contributed by atoms with E-state index in [4.69, 9.17) is 0 Å². The molecular weight excluding hydrogens is 199 g/mol. The summed E-state index contributed by atoms with van der Waals surface area (Å²) in [5.41, 5.74) is 0. The summed E-state index contributed by atoms with van der Waals surface area (Å²) in [5, 5.41) is 5.78. The van der Waals surface area contributed by atoms with E-state index in [0.717, 1.165) is 25.8 Å². The van der Waals surface area contributed by atoms with Crippen molar-refractivity contribution in [2.75, 3.05) is 20.7 Å². The summed E-state index contributed by atoms with van der Waals surface area (Å²) >= 11 is 0. The fourth-order valence-electron chi connectivity index (χ4n) is 1.12. The van der Waals surface area contributed by atoms with Crippen LogP contribution < -0.4 is 10.6 Å². The second-order valence-electron chi connectivity index (χ2n) is 2.93. The molecule has 0 amide bonds. The van der Waals surface area contributed by atoms with E-state index in [2.05, 4.69) is 29.8 Å². The maximum absolute atomic E-state index is 11.2. The van der Waals surface area contributed by atoms with Gasteiger partial charge in [0.2, 0.25) is 0 Å². The van der Waals surface area contributed by atoms with Crippen LogP contribution in [0, 0.1) is 5.75 Å². The van der Waals surface area contributed by atoms with Gasteiger partial charge in [0.15, 0.2) is 0 Å². The molecule has 1 atom stereocenters. The topological polar surface area (TPSA) is 50.4 Å². The van der Waals surface area contributed by atoms with Crippen LogP contribution in [0.2, 0.25) is 0 Å². The summed E-state index contributed by atoms with van der Waals surface area (Å²) in [6, 6.07) is -0.325. The number of hydrogen-bond acceptors (Lipinski definition) is 4. The van der Waals surface area contributed by atoms with Gasteiger partial charge in [-0.15, -0.1) is 0 Å². The van der Waals surface area contributed by atoms with Crippen LogP contribution in [0.3, 0.4) is 0 Å². The van der Waals surface area contributed by atoms with Gasteiger partial charge < -0.3 is 0 Å². The molecule has 0 aromatic heterocycles. The molecule has 0 bridgehead atoms. The first-order valence-corrected chi connectivity index (χ1v) is 5.08. The molecule has 0 fully saturated rings. The molecule has 0 aliphatic carbocycles. The Hall–Kier alpha value is -0.400. The van der Waals surface area contributed by atoms with Gasteiger partial charge in [-0.25, -0.2) is 0 Å². The second-order valence-corrected chi connectivity index (χ2v) is 3.15. The van der Waals surface area contributed by atoms with E-state index < -0.39 is 0 Å². The molecule has 0 heterocycles. The number of nitrogens with one attached hydrogen (secondary N) is 2. The van der Waals surface area contributed by atoms with Gasteiger partial charge in [0.25, 0.3) is 0 Å². The van der Waals surface area contributed by atoms with Gasteiger partial charge in [-0.3, -0.25) is 0 Å². The molecule has 0 unspecified atom stereocenters. The Bertz CT molecular complexity index is 203. The molecule has 0 spiro atoms. The number of methoxy groups -OCH3 is 1. The first kappa shape index (κ1) is 13.6. The third kappa shape index (κ3) is 6.11. The third-order valence-corrected chi connectivity index (χ3v) is 2.02. The molecule has 0 aliphatic rings. The van der Waals surface area contributed by atoms with E-state index in [-0.39, 0.29) is 12.0 Å². The van der Waals surface area contributed by atoms with Crippen LogP contribution in [0.15, 0.2) is 0 Å². The maximum atomic E-state index is 11.2. The van der Waals surface area contributed by atoms with Crippen molar-refractivity contribution >= 4 is 14.7 Å². The Kier molecular flexibility index (Phi) is 8.90. The normalized spacial score (nSPS) is 11.8. The van der Waals surface area contributed by atoms with Crippen LogP contribution in [-0.4, -0.2) is 32.7 Å². The first-order valence-electron chi connectivity index (χ1n) is 4.63. The minimum atomic E-state index is -0.325. The Morgan fingerprint density at radius 3 is 2.79 bits per heavy atom. The zero-order valence-corrected chi connectivity index (χ0v) is 9.56. The monoisotopic (exact) mass is 216 g/mol. The second kappa shape index (κ2) is 9.17. The van der Waals surface area contributed by atoms with Crippen LogP contribution in [-0.2, 0) is 9.53 Å². The average molecular weight is 216 g/mol. The predicted octanol–water partition coefficient (Wildman–Crippen LogP) is 0.834. The van der Waals surface area contributed by atoms with Crippen LogP contribution in [0.1, 0.15) is 19.3 Å². The first-order chi connectivity index (χ1) is 6.76. The number of carbonyl (C=O) groups is 1. The average Bonchev–Trinajstić information content (AvgIpc) is 2.21. The number of carbonyl (C=O) groups excluding carboxylic acids is 1. The Balaban J connectivity index is 3.74. The molecular formula is C9H17N2O2P. The van der Waals surface area contributed by atoms with Gasteiger partial charge in [-0.2, -0.15) is 0 Å². The molecule has 0 rings (SSSR count). The molecule has 0 saturated heterocycles. The van der Waals surface area contributed by atoms with Gasteiger partial charge >= 0.3 is 86.6 Å². The van der Waals surface area contributed by atoms with E-state index in [1.165, 1.54) is 7.11 Å². The quantitative estimate of drug-likeness (QED) is 0.286. The van der Waals surface area contributed by atoms with E-state index in [0.29, 0.717) is 0 Å². The number of unbranched alkanes of at least 4 members (excludes halogenated alkanes) is 1. The van der Waals surface area contributed by atoms with Crippen molar-refractivity contribution in [2.24, 2.45) is 0 Å². The molecule has 0 aromatic carbocycles. The zero-order valence-electron chi connectivity index (χ0n) is 8.67. The molecule has 5 heteroatoms. The predicted molar refractivity (Wildman–Crippen MR) is 57.5 cm³/mol. The molecule has 2 N–H and O–H groups in total. The fraction of sp³-hybridized carbons (Fsp3) is 0.778. The van der Waals surface area contributed by atoms with Crippen LogP contribution in [0.25, 0.3) is 0 Å². The van der Waals surface area contributed by atoms with Crippen molar-refractivity contribution in [1.82, 2.24) is 10.6 Å². The molecule has 14 heavy (non-hydrogen) atoms. The van der Waals surface area contributed by atoms with Crippen molar-refractivity contribution in [1.29, 1.82) is 0 Å². The summed E-state index contributed by atoms with van der Waals surface area (Å²) in [5.74, 6) is 2.18. The number of esters is 1.